The van der Waals surface area contributed by atoms with Crippen molar-refractivity contribution in [3.05, 3.63) is 81.5 Å². The number of rotatable bonds is 0. The smallest absolute Gasteiger partial charge is 0.346 e. The van der Waals surface area contributed by atoms with Crippen LogP contribution in [0, 0.1) is 0 Å². The Labute approximate surface area is 140 Å². The molecule has 5 aromatic carbocycles. The Morgan fingerprint density at radius 3 is 1.44 bits per heavy atom. The van der Waals surface area contributed by atoms with Gasteiger partial charge in [-0.25, -0.2) is 9.59 Å². The van der Waals surface area contributed by atoms with E-state index in [2.05, 4.69) is 12.1 Å². The highest BCUT2D eigenvalue weighted by atomic mass is 16.4. The van der Waals surface area contributed by atoms with Gasteiger partial charge < -0.3 is 4.42 Å². The van der Waals surface area contributed by atoms with Crippen LogP contribution in [0.15, 0.2) is 74.7 Å². The number of hydrogen-bond acceptors (Lipinski definition) is 3. The van der Waals surface area contributed by atoms with Gasteiger partial charge in [0.2, 0.25) is 0 Å². The van der Waals surface area contributed by atoms with Crippen molar-refractivity contribution in [3.8, 4) is 0 Å². The molecule has 0 aliphatic rings. The van der Waals surface area contributed by atoms with Gasteiger partial charge in [0, 0.05) is 10.8 Å². The molecular formula is C22H10O3. The third-order valence-electron chi connectivity index (χ3n) is 5.26. The second-order valence-electron chi connectivity index (χ2n) is 6.46. The van der Waals surface area contributed by atoms with Crippen LogP contribution in [-0.2, 0) is 0 Å². The lowest BCUT2D eigenvalue weighted by atomic mass is 9.88. The van der Waals surface area contributed by atoms with E-state index in [0.717, 1.165) is 43.1 Å². The van der Waals surface area contributed by atoms with Gasteiger partial charge in [0.15, 0.2) is 0 Å². The number of benzene rings is 5. The first-order chi connectivity index (χ1) is 12.2. The molecule has 0 saturated carbocycles. The quantitative estimate of drug-likeness (QED) is 0.302. The molecule has 25 heavy (non-hydrogen) atoms. The molecular weight excluding hydrogens is 312 g/mol. The average molecular weight is 322 g/mol. The van der Waals surface area contributed by atoms with Crippen molar-refractivity contribution >= 4 is 53.9 Å². The van der Waals surface area contributed by atoms with E-state index in [-0.39, 0.29) is 0 Å². The lowest BCUT2D eigenvalue weighted by Gasteiger charge is -2.14. The summed E-state index contributed by atoms with van der Waals surface area (Å²) in [5.74, 6) is 0. The Kier molecular flexibility index (Phi) is 2.13. The number of hydrogen-bond donors (Lipinski definition) is 0. The fourth-order valence-corrected chi connectivity index (χ4v) is 4.26. The Hall–Kier alpha value is -3.46. The molecule has 6 aromatic rings. The minimum Gasteiger partial charge on any atom is -0.386 e. The molecule has 1 aromatic heterocycles. The molecule has 0 bridgehead atoms. The van der Waals surface area contributed by atoms with Crippen LogP contribution in [0.2, 0.25) is 0 Å². The lowest BCUT2D eigenvalue weighted by molar-refractivity contribution is 0.491. The Morgan fingerprint density at radius 1 is 0.480 bits per heavy atom. The summed E-state index contributed by atoms with van der Waals surface area (Å²) in [5, 5.41) is 8.86. The van der Waals surface area contributed by atoms with E-state index in [9.17, 15) is 9.59 Å². The molecule has 0 atom stereocenters. The molecule has 116 valence electrons. The molecule has 0 aliphatic carbocycles. The van der Waals surface area contributed by atoms with E-state index in [4.69, 9.17) is 4.42 Å². The van der Waals surface area contributed by atoms with Crippen molar-refractivity contribution < 1.29 is 4.42 Å². The van der Waals surface area contributed by atoms with E-state index in [1.165, 1.54) is 0 Å². The van der Waals surface area contributed by atoms with Gasteiger partial charge in [0.05, 0.1) is 10.8 Å². The third-order valence-corrected chi connectivity index (χ3v) is 5.26. The van der Waals surface area contributed by atoms with Gasteiger partial charge in [0.25, 0.3) is 0 Å². The molecule has 0 fully saturated rings. The van der Waals surface area contributed by atoms with Crippen LogP contribution in [0.3, 0.4) is 0 Å². The van der Waals surface area contributed by atoms with Crippen LogP contribution in [-0.4, -0.2) is 0 Å². The third kappa shape index (κ3) is 1.42. The summed E-state index contributed by atoms with van der Waals surface area (Å²) < 4.78 is 5.10. The van der Waals surface area contributed by atoms with Crippen molar-refractivity contribution in [2.24, 2.45) is 0 Å². The molecule has 0 amide bonds. The largest absolute Gasteiger partial charge is 0.386 e. The Balaban J connectivity index is 2.27. The Bertz CT molecular complexity index is 1460. The zero-order chi connectivity index (χ0) is 16.7. The summed E-state index contributed by atoms with van der Waals surface area (Å²) in [6, 6.07) is 19.6. The van der Waals surface area contributed by atoms with Crippen molar-refractivity contribution in [1.82, 2.24) is 0 Å². The summed E-state index contributed by atoms with van der Waals surface area (Å²) >= 11 is 0. The monoisotopic (exact) mass is 322 g/mol. The van der Waals surface area contributed by atoms with Crippen LogP contribution in [0.1, 0.15) is 0 Å². The van der Waals surface area contributed by atoms with Gasteiger partial charge in [-0.1, -0.05) is 48.5 Å². The summed E-state index contributed by atoms with van der Waals surface area (Å²) in [5.41, 5.74) is -1.17. The maximum atomic E-state index is 12.5. The first kappa shape index (κ1) is 12.9. The minimum atomic E-state index is -0.583. The van der Waals surface area contributed by atoms with Crippen LogP contribution in [0.5, 0.6) is 0 Å². The molecule has 3 heteroatoms. The van der Waals surface area contributed by atoms with Crippen LogP contribution < -0.4 is 11.3 Å². The van der Waals surface area contributed by atoms with Gasteiger partial charge in [-0.05, 0) is 44.5 Å². The minimum absolute atomic E-state index is 0.453. The van der Waals surface area contributed by atoms with E-state index >= 15 is 0 Å². The van der Waals surface area contributed by atoms with Gasteiger partial charge in [-0.15, -0.1) is 0 Å². The maximum Gasteiger partial charge on any atom is 0.346 e. The summed E-state index contributed by atoms with van der Waals surface area (Å²) in [4.78, 5) is 25.1. The van der Waals surface area contributed by atoms with Crippen molar-refractivity contribution in [3.63, 3.8) is 0 Å². The number of fused-ring (bicyclic) bond motifs is 1. The standard InChI is InChI=1S/C22H10O3/c23-21-15-9-7-11-3-1-5-13-14-6-2-4-12-8-10-16(22(24)25-21)20(18(12)14)19(15)17(11)13/h1-10H. The van der Waals surface area contributed by atoms with Crippen molar-refractivity contribution in [2.75, 3.05) is 0 Å². The maximum absolute atomic E-state index is 12.5. The van der Waals surface area contributed by atoms with E-state index in [1.807, 2.05) is 36.4 Å². The normalized spacial score (nSPS) is 12.3. The summed E-state index contributed by atoms with van der Waals surface area (Å²) in [6.07, 6.45) is 0. The van der Waals surface area contributed by atoms with E-state index in [1.54, 1.807) is 12.1 Å². The topological polar surface area (TPSA) is 47.3 Å². The zero-order valence-electron chi connectivity index (χ0n) is 13.0. The first-order valence-electron chi connectivity index (χ1n) is 8.13. The van der Waals surface area contributed by atoms with Gasteiger partial charge in [0.1, 0.15) is 0 Å². The molecule has 6 rings (SSSR count). The van der Waals surface area contributed by atoms with Crippen molar-refractivity contribution in [1.29, 1.82) is 0 Å². The van der Waals surface area contributed by atoms with Gasteiger partial charge in [-0.3, -0.25) is 0 Å². The molecule has 0 radical (unpaired) electrons. The summed E-state index contributed by atoms with van der Waals surface area (Å²) in [6.45, 7) is 0. The molecule has 3 nitrogen and oxygen atoms in total. The second kappa shape index (κ2) is 4.14. The zero-order valence-corrected chi connectivity index (χ0v) is 13.0. The van der Waals surface area contributed by atoms with Gasteiger partial charge >= 0.3 is 11.3 Å². The van der Waals surface area contributed by atoms with Crippen LogP contribution in [0.25, 0.3) is 53.9 Å². The molecule has 0 unspecified atom stereocenters. The highest BCUT2D eigenvalue weighted by molar-refractivity contribution is 6.38. The van der Waals surface area contributed by atoms with E-state index < -0.39 is 11.3 Å². The molecule has 1 heterocycles. The highest BCUT2D eigenvalue weighted by Crippen LogP contribution is 2.42. The highest BCUT2D eigenvalue weighted by Gasteiger charge is 2.19. The molecule has 0 aliphatic heterocycles. The fourth-order valence-electron chi connectivity index (χ4n) is 4.26. The van der Waals surface area contributed by atoms with Crippen molar-refractivity contribution in [2.45, 2.75) is 0 Å². The molecule has 0 saturated heterocycles. The lowest BCUT2D eigenvalue weighted by Crippen LogP contribution is -2.04. The Morgan fingerprint density at radius 2 is 0.960 bits per heavy atom. The molecule has 0 N–H and O–H groups in total. The molecule has 0 spiro atoms. The van der Waals surface area contributed by atoms with Crippen LogP contribution in [0.4, 0.5) is 0 Å². The SMILES string of the molecule is O=c1oc(=O)c2ccc3cccc4c5cccc6ccc1c(c65)c2c34. The predicted molar refractivity (Wildman–Crippen MR) is 101 cm³/mol. The van der Waals surface area contributed by atoms with Crippen LogP contribution >= 0.6 is 0 Å². The summed E-state index contributed by atoms with van der Waals surface area (Å²) in [7, 11) is 0. The fraction of sp³-hybridized carbons (Fsp3) is 0. The van der Waals surface area contributed by atoms with E-state index in [0.29, 0.717) is 10.8 Å². The first-order valence-corrected chi connectivity index (χ1v) is 8.13. The second-order valence-corrected chi connectivity index (χ2v) is 6.46. The van der Waals surface area contributed by atoms with Gasteiger partial charge in [-0.2, -0.15) is 0 Å². The average Bonchev–Trinajstić information content (AvgIpc) is 2.75. The predicted octanol–water partition coefficient (Wildman–Crippen LogP) is 4.64.